The molecule has 0 amide bonds. The first kappa shape index (κ1) is 31.2. The summed E-state index contributed by atoms with van der Waals surface area (Å²) in [6.45, 7) is 0.425. The molecule has 0 aliphatic carbocycles. The Morgan fingerprint density at radius 2 is 0.957 bits per heavy atom. The zero-order valence-corrected chi connectivity index (χ0v) is 25.2. The molecule has 2 nitrogen and oxygen atoms in total. The summed E-state index contributed by atoms with van der Waals surface area (Å²) in [6.07, 6.45) is -9.02. The lowest BCUT2D eigenvalue weighted by atomic mass is 9.83. The lowest BCUT2D eigenvalue weighted by Gasteiger charge is -2.30. The van der Waals surface area contributed by atoms with E-state index in [0.717, 1.165) is 46.0 Å². The highest BCUT2D eigenvalue weighted by Gasteiger charge is 2.31. The first-order chi connectivity index (χ1) is 21.6. The number of fused-ring (bicyclic) bond motifs is 2. The molecule has 0 spiro atoms. The zero-order chi connectivity index (χ0) is 33.0. The Kier molecular flexibility index (Phi) is 7.60. The van der Waals surface area contributed by atoms with Crippen molar-refractivity contribution in [2.24, 2.45) is 0 Å². The second-order valence-corrected chi connectivity index (χ2v) is 12.4. The third kappa shape index (κ3) is 5.93. The first-order valence-electron chi connectivity index (χ1n) is 14.6. The monoisotopic (exact) mass is 629 g/mol. The number of rotatable bonds is 5. The molecule has 0 radical (unpaired) electrons. The van der Waals surface area contributed by atoms with Crippen LogP contribution >= 0.6 is 0 Å². The molecule has 46 heavy (non-hydrogen) atoms. The number of quaternary nitrogens is 1. The quantitative estimate of drug-likeness (QED) is 0.138. The van der Waals surface area contributed by atoms with Crippen molar-refractivity contribution in [2.75, 3.05) is 21.1 Å². The van der Waals surface area contributed by atoms with Gasteiger partial charge in [-0.2, -0.15) is 26.3 Å². The van der Waals surface area contributed by atoms with Crippen molar-refractivity contribution in [3.63, 3.8) is 0 Å². The van der Waals surface area contributed by atoms with Gasteiger partial charge in [-0.3, -0.25) is 0 Å². The lowest BCUT2D eigenvalue weighted by Crippen LogP contribution is -2.33. The molecule has 0 aromatic heterocycles. The third-order valence-electron chi connectivity index (χ3n) is 8.09. The van der Waals surface area contributed by atoms with Gasteiger partial charge >= 0.3 is 12.4 Å². The Morgan fingerprint density at radius 1 is 0.543 bits per heavy atom. The average molecular weight is 630 g/mol. The third-order valence-corrected chi connectivity index (χ3v) is 8.09. The Balaban J connectivity index is 1.72. The molecule has 0 fully saturated rings. The molecule has 0 saturated heterocycles. The number of hydrogen-bond donors (Lipinski definition) is 0. The van der Waals surface area contributed by atoms with Gasteiger partial charge in [0.1, 0.15) is 6.54 Å². The van der Waals surface area contributed by atoms with Gasteiger partial charge in [0.2, 0.25) is 0 Å². The predicted octanol–water partition coefficient (Wildman–Crippen LogP) is 10.3. The maximum atomic E-state index is 14.7. The molecule has 8 heteroatoms. The van der Waals surface area contributed by atoms with Crippen LogP contribution in [0.5, 0.6) is 5.75 Å². The van der Waals surface area contributed by atoms with E-state index in [1.165, 1.54) is 24.3 Å². The van der Waals surface area contributed by atoms with Crippen LogP contribution in [0.25, 0.3) is 54.9 Å². The van der Waals surface area contributed by atoms with E-state index in [1.54, 1.807) is 6.07 Å². The van der Waals surface area contributed by atoms with Crippen LogP contribution in [-0.4, -0.2) is 25.6 Å². The smallest absolute Gasteiger partial charge is 0.416 e. The fraction of sp³-hybridized carbons (Fsp3) is 0.158. The highest BCUT2D eigenvalue weighted by Crippen LogP contribution is 2.48. The molecule has 0 aliphatic rings. The van der Waals surface area contributed by atoms with E-state index in [0.29, 0.717) is 44.2 Å². The van der Waals surface area contributed by atoms with Crippen molar-refractivity contribution in [3.05, 3.63) is 126 Å². The molecule has 6 aromatic rings. The summed E-state index contributed by atoms with van der Waals surface area (Å²) in [6, 6.07) is 28.1. The van der Waals surface area contributed by atoms with E-state index in [4.69, 9.17) is 0 Å². The van der Waals surface area contributed by atoms with Crippen molar-refractivity contribution in [2.45, 2.75) is 18.9 Å². The van der Waals surface area contributed by atoms with E-state index < -0.39 is 23.5 Å². The van der Waals surface area contributed by atoms with E-state index in [9.17, 15) is 31.4 Å². The summed E-state index contributed by atoms with van der Waals surface area (Å²) in [4.78, 5) is 0. The van der Waals surface area contributed by atoms with Gasteiger partial charge in [0.15, 0.2) is 0 Å². The Labute approximate surface area is 262 Å². The van der Waals surface area contributed by atoms with Crippen LogP contribution in [0.15, 0.2) is 109 Å². The largest absolute Gasteiger partial charge is 0.872 e. The topological polar surface area (TPSA) is 23.1 Å². The van der Waals surface area contributed by atoms with Gasteiger partial charge in [-0.05, 0) is 91.3 Å². The van der Waals surface area contributed by atoms with Crippen molar-refractivity contribution in [3.8, 4) is 39.1 Å². The molecule has 0 aliphatic heterocycles. The standard InChI is InChI=1S/C38H29F6NO/c1-45(2,3)22-33-31(23-12-16-27(17-13-23)37(39,40)41)20-25-8-4-6-10-29(25)34(33)35-30-11-7-5-9-26(30)21-32(36(35)46)24-14-18-28(19-15-24)38(42,43)44/h4-21H,22H2,1-3H3. The predicted molar refractivity (Wildman–Crippen MR) is 169 cm³/mol. The molecule has 0 unspecified atom stereocenters. The van der Waals surface area contributed by atoms with Crippen molar-refractivity contribution in [1.29, 1.82) is 0 Å². The molecule has 6 rings (SSSR count). The SMILES string of the molecule is C[N+](C)(C)Cc1c(-c2ccc(C(F)(F)F)cc2)cc2ccccc2c1-c1c([O-])c(-c2ccc(C(F)(F)F)cc2)cc2ccccc12. The number of hydrogen-bond acceptors (Lipinski definition) is 1. The van der Waals surface area contributed by atoms with Gasteiger partial charge in [0, 0.05) is 5.56 Å². The summed E-state index contributed by atoms with van der Waals surface area (Å²) < 4.78 is 81.0. The van der Waals surface area contributed by atoms with Gasteiger partial charge in [-0.15, -0.1) is 0 Å². The van der Waals surface area contributed by atoms with Crippen molar-refractivity contribution >= 4 is 21.5 Å². The number of benzene rings is 6. The highest BCUT2D eigenvalue weighted by atomic mass is 19.4. The van der Waals surface area contributed by atoms with Crippen LogP contribution in [-0.2, 0) is 18.9 Å². The molecule has 0 bridgehead atoms. The number of nitrogens with zero attached hydrogens (tertiary/aromatic N) is 1. The summed E-state index contributed by atoms with van der Waals surface area (Å²) in [5.41, 5.74) is 2.10. The maximum absolute atomic E-state index is 14.7. The Hall–Kier alpha value is -4.82. The minimum Gasteiger partial charge on any atom is -0.872 e. The molecular formula is C38H29F6NO. The van der Waals surface area contributed by atoms with Crippen molar-refractivity contribution < 1.29 is 35.9 Å². The molecule has 0 atom stereocenters. The molecule has 234 valence electrons. The van der Waals surface area contributed by atoms with Crippen LogP contribution in [0.2, 0.25) is 0 Å². The van der Waals surface area contributed by atoms with E-state index >= 15 is 0 Å². The van der Waals surface area contributed by atoms with Crippen LogP contribution < -0.4 is 5.11 Å². The summed E-state index contributed by atoms with van der Waals surface area (Å²) in [5, 5.41) is 17.7. The minimum absolute atomic E-state index is 0.252. The minimum atomic E-state index is -4.52. The van der Waals surface area contributed by atoms with E-state index in [1.807, 2.05) is 75.7 Å². The molecule has 0 N–H and O–H groups in total. The van der Waals surface area contributed by atoms with Crippen molar-refractivity contribution in [1.82, 2.24) is 0 Å². The second kappa shape index (κ2) is 11.2. The van der Waals surface area contributed by atoms with E-state index in [2.05, 4.69) is 0 Å². The lowest BCUT2D eigenvalue weighted by molar-refractivity contribution is -0.883. The van der Waals surface area contributed by atoms with E-state index in [-0.39, 0.29) is 11.3 Å². The molecule has 0 saturated carbocycles. The van der Waals surface area contributed by atoms with Gasteiger partial charge < -0.3 is 9.59 Å². The highest BCUT2D eigenvalue weighted by molar-refractivity contribution is 6.12. The average Bonchev–Trinajstić information content (AvgIpc) is 2.99. The second-order valence-electron chi connectivity index (χ2n) is 12.4. The Bertz CT molecular complexity index is 2070. The number of halogens is 6. The molecule has 6 aromatic carbocycles. The van der Waals surface area contributed by atoms with Gasteiger partial charge in [-0.1, -0.05) is 78.5 Å². The van der Waals surface area contributed by atoms with Crippen LogP contribution in [0.3, 0.4) is 0 Å². The number of alkyl halides is 6. The molecule has 0 heterocycles. The fourth-order valence-electron chi connectivity index (χ4n) is 6.04. The Morgan fingerprint density at radius 3 is 1.41 bits per heavy atom. The fourth-order valence-corrected chi connectivity index (χ4v) is 6.04. The summed E-state index contributed by atoms with van der Waals surface area (Å²) in [5.74, 6) is -0.351. The van der Waals surface area contributed by atoms with Crippen LogP contribution in [0, 0.1) is 0 Å². The van der Waals surface area contributed by atoms with Gasteiger partial charge in [-0.25, -0.2) is 0 Å². The maximum Gasteiger partial charge on any atom is 0.416 e. The molecular weight excluding hydrogens is 600 g/mol. The summed E-state index contributed by atoms with van der Waals surface area (Å²) >= 11 is 0. The van der Waals surface area contributed by atoms with Gasteiger partial charge in [0.05, 0.1) is 32.3 Å². The first-order valence-corrected chi connectivity index (χ1v) is 14.6. The summed E-state index contributed by atoms with van der Waals surface area (Å²) in [7, 11) is 5.97. The van der Waals surface area contributed by atoms with Gasteiger partial charge in [0.25, 0.3) is 0 Å². The zero-order valence-electron chi connectivity index (χ0n) is 25.2. The van der Waals surface area contributed by atoms with Crippen LogP contribution in [0.1, 0.15) is 16.7 Å². The van der Waals surface area contributed by atoms with Crippen LogP contribution in [0.4, 0.5) is 26.3 Å². The normalized spacial score (nSPS) is 12.6.